The van der Waals surface area contributed by atoms with Crippen LogP contribution in [0, 0.1) is 0 Å². The minimum atomic E-state index is -1.10. The van der Waals surface area contributed by atoms with Gasteiger partial charge in [0.05, 0.1) is 19.3 Å². The van der Waals surface area contributed by atoms with E-state index in [9.17, 15) is 9.59 Å². The van der Waals surface area contributed by atoms with Crippen LogP contribution >= 0.6 is 0 Å². The van der Waals surface area contributed by atoms with Crippen LogP contribution in [0.4, 0.5) is 0 Å². The van der Waals surface area contributed by atoms with E-state index in [1.807, 2.05) is 13.8 Å². The van der Waals surface area contributed by atoms with Gasteiger partial charge in [0.2, 0.25) is 5.91 Å². The number of carbonyl (C=O) groups excluding carboxylic acids is 1. The van der Waals surface area contributed by atoms with Crippen molar-refractivity contribution in [2.45, 2.75) is 32.5 Å². The highest BCUT2D eigenvalue weighted by Crippen LogP contribution is 1.92. The lowest BCUT2D eigenvalue weighted by molar-refractivity contribution is -0.148. The maximum Gasteiger partial charge on any atom is 0.334 e. The van der Waals surface area contributed by atoms with Crippen molar-refractivity contribution in [2.75, 3.05) is 20.3 Å². The number of amides is 1. The van der Waals surface area contributed by atoms with Crippen LogP contribution in [-0.4, -0.2) is 49.5 Å². The van der Waals surface area contributed by atoms with Gasteiger partial charge in [-0.2, -0.15) is 0 Å². The molecule has 0 aliphatic heterocycles. The number of carbonyl (C=O) groups is 2. The third-order valence-electron chi connectivity index (χ3n) is 1.82. The molecule has 0 aliphatic rings. The summed E-state index contributed by atoms with van der Waals surface area (Å²) in [6.07, 6.45) is -0.706. The monoisotopic (exact) mass is 233 g/mol. The minimum Gasteiger partial charge on any atom is -0.479 e. The van der Waals surface area contributed by atoms with Gasteiger partial charge < -0.3 is 19.9 Å². The Balaban J connectivity index is 3.67. The third kappa shape index (κ3) is 7.19. The summed E-state index contributed by atoms with van der Waals surface area (Å²) in [5, 5.41) is 11.1. The molecule has 0 rings (SSSR count). The van der Waals surface area contributed by atoms with Crippen molar-refractivity contribution in [1.29, 1.82) is 0 Å². The van der Waals surface area contributed by atoms with Crippen LogP contribution in [-0.2, 0) is 19.1 Å². The second-order valence-electron chi connectivity index (χ2n) is 3.54. The molecule has 6 nitrogen and oxygen atoms in total. The first kappa shape index (κ1) is 14.9. The van der Waals surface area contributed by atoms with Crippen LogP contribution in [0.15, 0.2) is 0 Å². The van der Waals surface area contributed by atoms with Gasteiger partial charge in [0.25, 0.3) is 0 Å². The summed E-state index contributed by atoms with van der Waals surface area (Å²) in [5.74, 6) is -1.34. The van der Waals surface area contributed by atoms with Gasteiger partial charge in [0.1, 0.15) is 0 Å². The van der Waals surface area contributed by atoms with Crippen molar-refractivity contribution in [3.63, 3.8) is 0 Å². The van der Waals surface area contributed by atoms with E-state index >= 15 is 0 Å². The van der Waals surface area contributed by atoms with Gasteiger partial charge in [0, 0.05) is 13.5 Å². The van der Waals surface area contributed by atoms with Gasteiger partial charge in [0.15, 0.2) is 6.10 Å². The topological polar surface area (TPSA) is 84.9 Å². The van der Waals surface area contributed by atoms with Crippen LogP contribution in [0.1, 0.15) is 20.3 Å². The molecule has 2 N–H and O–H groups in total. The molecule has 0 aromatic heterocycles. The van der Waals surface area contributed by atoms with Crippen LogP contribution in [0.25, 0.3) is 0 Å². The molecule has 1 amide bonds. The number of aliphatic carboxylic acids is 1. The number of hydrogen-bond donors (Lipinski definition) is 2. The Morgan fingerprint density at radius 1 is 1.38 bits per heavy atom. The Morgan fingerprint density at radius 3 is 2.44 bits per heavy atom. The number of hydrogen-bond acceptors (Lipinski definition) is 4. The first-order valence-electron chi connectivity index (χ1n) is 5.11. The third-order valence-corrected chi connectivity index (χ3v) is 1.82. The van der Waals surface area contributed by atoms with Crippen LogP contribution in [0.5, 0.6) is 0 Å². The molecule has 1 atom stereocenters. The number of carboxylic acids is 1. The van der Waals surface area contributed by atoms with Crippen LogP contribution in [0.2, 0.25) is 0 Å². The zero-order valence-corrected chi connectivity index (χ0v) is 9.86. The van der Waals surface area contributed by atoms with Crippen molar-refractivity contribution < 1.29 is 24.2 Å². The second kappa shape index (κ2) is 8.06. The van der Waals surface area contributed by atoms with Gasteiger partial charge in [-0.25, -0.2) is 4.79 Å². The van der Waals surface area contributed by atoms with E-state index in [-0.39, 0.29) is 25.0 Å². The molecule has 0 aromatic carbocycles. The van der Waals surface area contributed by atoms with Crippen molar-refractivity contribution in [1.82, 2.24) is 5.32 Å². The zero-order chi connectivity index (χ0) is 12.6. The lowest BCUT2D eigenvalue weighted by Crippen LogP contribution is -2.38. The van der Waals surface area contributed by atoms with Crippen molar-refractivity contribution in [3.8, 4) is 0 Å². The van der Waals surface area contributed by atoms with Gasteiger partial charge >= 0.3 is 5.97 Å². The van der Waals surface area contributed by atoms with E-state index in [1.54, 1.807) is 0 Å². The van der Waals surface area contributed by atoms with E-state index in [0.717, 1.165) is 0 Å². The van der Waals surface area contributed by atoms with E-state index < -0.39 is 12.1 Å². The summed E-state index contributed by atoms with van der Waals surface area (Å²) in [6, 6.07) is 0. The summed E-state index contributed by atoms with van der Waals surface area (Å²) in [5.41, 5.74) is 0. The number of methoxy groups -OCH3 is 1. The molecule has 0 saturated heterocycles. The molecule has 0 heterocycles. The summed E-state index contributed by atoms with van der Waals surface area (Å²) in [6.45, 7) is 4.05. The predicted octanol–water partition coefficient (Wildman–Crippen LogP) is 0.0173. The average molecular weight is 233 g/mol. The minimum absolute atomic E-state index is 0.0354. The smallest absolute Gasteiger partial charge is 0.334 e. The molecule has 0 spiro atoms. The molecular weight excluding hydrogens is 214 g/mol. The zero-order valence-electron chi connectivity index (χ0n) is 9.86. The maximum absolute atomic E-state index is 11.2. The van der Waals surface area contributed by atoms with Crippen LogP contribution < -0.4 is 5.32 Å². The Hall–Kier alpha value is -1.14. The summed E-state index contributed by atoms with van der Waals surface area (Å²) in [4.78, 5) is 21.8. The van der Waals surface area contributed by atoms with E-state index in [4.69, 9.17) is 9.84 Å². The molecule has 6 heteroatoms. The molecule has 16 heavy (non-hydrogen) atoms. The lowest BCUT2D eigenvalue weighted by Gasteiger charge is -2.12. The van der Waals surface area contributed by atoms with Gasteiger partial charge in [-0.3, -0.25) is 4.79 Å². The Bertz CT molecular complexity index is 229. The van der Waals surface area contributed by atoms with Gasteiger partial charge in [-0.1, -0.05) is 0 Å². The summed E-state index contributed by atoms with van der Waals surface area (Å²) < 4.78 is 9.84. The van der Waals surface area contributed by atoms with Crippen molar-refractivity contribution >= 4 is 11.9 Å². The van der Waals surface area contributed by atoms with Crippen molar-refractivity contribution in [2.24, 2.45) is 0 Å². The largest absolute Gasteiger partial charge is 0.479 e. The Morgan fingerprint density at radius 2 is 2.00 bits per heavy atom. The number of ether oxygens (including phenoxy) is 2. The highest BCUT2D eigenvalue weighted by atomic mass is 16.5. The van der Waals surface area contributed by atoms with Crippen LogP contribution in [0.3, 0.4) is 0 Å². The van der Waals surface area contributed by atoms with E-state index in [2.05, 4.69) is 10.1 Å². The Labute approximate surface area is 94.9 Å². The number of nitrogens with one attached hydrogen (secondary N) is 1. The lowest BCUT2D eigenvalue weighted by atomic mass is 10.3. The Kier molecular flexibility index (Phi) is 7.49. The van der Waals surface area contributed by atoms with Gasteiger partial charge in [-0.05, 0) is 13.8 Å². The first-order valence-corrected chi connectivity index (χ1v) is 5.11. The average Bonchev–Trinajstić information content (AvgIpc) is 2.17. The molecule has 0 bridgehead atoms. The SMILES string of the molecule is COC(CNC(=O)CCOC(C)C)C(=O)O. The quantitative estimate of drug-likeness (QED) is 0.617. The molecule has 0 aromatic rings. The molecule has 0 aliphatic carbocycles. The molecular formula is C10H19NO5. The summed E-state index contributed by atoms with van der Waals surface area (Å²) in [7, 11) is 1.28. The standard InChI is InChI=1S/C10H19NO5/c1-7(2)16-5-4-9(12)11-6-8(15-3)10(13)14/h7-8H,4-6H2,1-3H3,(H,11,12)(H,13,14). The fourth-order valence-corrected chi connectivity index (χ4v) is 0.954. The summed E-state index contributed by atoms with van der Waals surface area (Å²) >= 11 is 0. The first-order chi connectivity index (χ1) is 7.47. The highest BCUT2D eigenvalue weighted by molar-refractivity contribution is 5.78. The molecule has 1 unspecified atom stereocenters. The van der Waals surface area contributed by atoms with E-state index in [0.29, 0.717) is 6.61 Å². The number of rotatable bonds is 8. The fraction of sp³-hybridized carbons (Fsp3) is 0.800. The maximum atomic E-state index is 11.2. The molecule has 94 valence electrons. The normalized spacial score (nSPS) is 12.5. The second-order valence-corrected chi connectivity index (χ2v) is 3.54. The number of carboxylic acid groups (broad SMARTS) is 1. The fourth-order valence-electron chi connectivity index (χ4n) is 0.954. The molecule has 0 fully saturated rings. The van der Waals surface area contributed by atoms with Crippen molar-refractivity contribution in [3.05, 3.63) is 0 Å². The molecule has 0 radical (unpaired) electrons. The van der Waals surface area contributed by atoms with E-state index in [1.165, 1.54) is 7.11 Å². The molecule has 0 saturated carbocycles. The highest BCUT2D eigenvalue weighted by Gasteiger charge is 2.16. The van der Waals surface area contributed by atoms with Gasteiger partial charge in [-0.15, -0.1) is 0 Å². The predicted molar refractivity (Wildman–Crippen MR) is 57.1 cm³/mol.